The highest BCUT2D eigenvalue weighted by Gasteiger charge is 2.54. The van der Waals surface area contributed by atoms with Gasteiger partial charge in [0, 0.05) is 16.7 Å². The molecule has 0 aromatic heterocycles. The Morgan fingerprint density at radius 3 is 2.86 bits per heavy atom. The second-order valence-corrected chi connectivity index (χ2v) is 4.07. The largest absolute Gasteiger partial charge is 0.304 e. The van der Waals surface area contributed by atoms with Gasteiger partial charge < -0.3 is 5.32 Å². The minimum absolute atomic E-state index is 0.667. The molecular weight excluding hydrogens is 106 g/mol. The summed E-state index contributed by atoms with van der Waals surface area (Å²) in [5, 5.41) is 3.40. The molecule has 2 rings (SSSR count). The highest BCUT2D eigenvalue weighted by atomic mass is 32.2. The highest BCUT2D eigenvalue weighted by Crippen LogP contribution is 2.51. The van der Waals surface area contributed by atoms with Gasteiger partial charge in [-0.05, 0) is 13.3 Å². The van der Waals surface area contributed by atoms with Gasteiger partial charge in [0.15, 0.2) is 0 Å². The van der Waals surface area contributed by atoms with E-state index in [0.717, 1.165) is 6.04 Å². The van der Waals surface area contributed by atoms with Crippen LogP contribution < -0.4 is 5.32 Å². The SMILES string of the molecule is C[C@@]12CC1NCS2. The van der Waals surface area contributed by atoms with Gasteiger partial charge in [-0.1, -0.05) is 0 Å². The third kappa shape index (κ3) is 0.441. The van der Waals surface area contributed by atoms with Crippen molar-refractivity contribution in [3.8, 4) is 0 Å². The van der Waals surface area contributed by atoms with E-state index in [1.54, 1.807) is 0 Å². The fraction of sp³-hybridized carbons (Fsp3) is 1.00. The summed E-state index contributed by atoms with van der Waals surface area (Å²) in [6, 6.07) is 0.873. The van der Waals surface area contributed by atoms with Gasteiger partial charge in [0.05, 0.1) is 0 Å². The average Bonchev–Trinajstić information content (AvgIpc) is 2.09. The van der Waals surface area contributed by atoms with E-state index in [1.807, 2.05) is 0 Å². The molecule has 0 bridgehead atoms. The van der Waals surface area contributed by atoms with Crippen molar-refractivity contribution in [1.82, 2.24) is 5.32 Å². The molecule has 40 valence electrons. The average molecular weight is 115 g/mol. The molecule has 0 aromatic rings. The van der Waals surface area contributed by atoms with Crippen LogP contribution in [0.1, 0.15) is 13.3 Å². The van der Waals surface area contributed by atoms with Crippen molar-refractivity contribution in [2.24, 2.45) is 0 Å². The summed E-state index contributed by atoms with van der Waals surface area (Å²) >= 11 is 2.06. The smallest absolute Gasteiger partial charge is 0.0426 e. The van der Waals surface area contributed by atoms with Crippen LogP contribution in [-0.2, 0) is 0 Å². The molecule has 1 saturated carbocycles. The summed E-state index contributed by atoms with van der Waals surface area (Å²) < 4.78 is 0.667. The zero-order valence-electron chi connectivity index (χ0n) is 4.40. The van der Waals surface area contributed by atoms with Gasteiger partial charge in [0.2, 0.25) is 0 Å². The van der Waals surface area contributed by atoms with Gasteiger partial charge in [-0.2, -0.15) is 0 Å². The van der Waals surface area contributed by atoms with Crippen molar-refractivity contribution < 1.29 is 0 Å². The molecule has 1 nitrogen and oxygen atoms in total. The molecule has 2 fully saturated rings. The maximum absolute atomic E-state index is 3.40. The first-order valence-corrected chi connectivity index (χ1v) is 3.67. The van der Waals surface area contributed by atoms with Crippen molar-refractivity contribution >= 4 is 11.8 Å². The maximum atomic E-state index is 3.40. The van der Waals surface area contributed by atoms with E-state index in [2.05, 4.69) is 24.0 Å². The molecule has 0 radical (unpaired) electrons. The van der Waals surface area contributed by atoms with Gasteiger partial charge in [-0.25, -0.2) is 0 Å². The van der Waals surface area contributed by atoms with Crippen LogP contribution in [0.15, 0.2) is 0 Å². The molecule has 1 unspecified atom stereocenters. The highest BCUT2D eigenvalue weighted by molar-refractivity contribution is 8.01. The van der Waals surface area contributed by atoms with E-state index in [0.29, 0.717) is 4.75 Å². The van der Waals surface area contributed by atoms with Crippen LogP contribution in [0.2, 0.25) is 0 Å². The van der Waals surface area contributed by atoms with Crippen LogP contribution in [0.25, 0.3) is 0 Å². The standard InChI is InChI=1S/C5H9NS/c1-5-2-4(5)6-3-7-5/h4,6H,2-3H2,1H3/t4?,5-/m1/s1. The number of hydrogen-bond donors (Lipinski definition) is 1. The van der Waals surface area contributed by atoms with Crippen molar-refractivity contribution in [2.75, 3.05) is 5.88 Å². The first-order chi connectivity index (χ1) is 3.31. The number of thioether (sulfide) groups is 1. The fourth-order valence-corrected chi connectivity index (χ4v) is 2.28. The van der Waals surface area contributed by atoms with Crippen LogP contribution in [0.3, 0.4) is 0 Å². The van der Waals surface area contributed by atoms with E-state index in [1.165, 1.54) is 12.3 Å². The molecule has 2 atom stereocenters. The van der Waals surface area contributed by atoms with Gasteiger partial charge >= 0.3 is 0 Å². The molecule has 2 heteroatoms. The Morgan fingerprint density at radius 1 is 1.86 bits per heavy atom. The van der Waals surface area contributed by atoms with Crippen molar-refractivity contribution in [3.63, 3.8) is 0 Å². The van der Waals surface area contributed by atoms with Gasteiger partial charge in [-0.3, -0.25) is 0 Å². The van der Waals surface area contributed by atoms with Gasteiger partial charge in [0.25, 0.3) is 0 Å². The number of nitrogens with one attached hydrogen (secondary N) is 1. The zero-order chi connectivity index (χ0) is 4.91. The van der Waals surface area contributed by atoms with Crippen LogP contribution in [0, 0.1) is 0 Å². The molecule has 1 aliphatic heterocycles. The lowest BCUT2D eigenvalue weighted by Gasteiger charge is -1.95. The normalized spacial score (nSPS) is 57.0. The van der Waals surface area contributed by atoms with Crippen molar-refractivity contribution in [1.29, 1.82) is 0 Å². The summed E-state index contributed by atoms with van der Waals surface area (Å²) in [5.74, 6) is 1.18. The molecule has 0 spiro atoms. The quantitative estimate of drug-likeness (QED) is 0.501. The third-order valence-electron chi connectivity index (χ3n) is 1.92. The van der Waals surface area contributed by atoms with Gasteiger partial charge in [0.1, 0.15) is 0 Å². The lowest BCUT2D eigenvalue weighted by molar-refractivity contribution is 0.787. The van der Waals surface area contributed by atoms with Crippen LogP contribution in [0.4, 0.5) is 0 Å². The maximum Gasteiger partial charge on any atom is 0.0426 e. The van der Waals surface area contributed by atoms with Crippen molar-refractivity contribution in [3.05, 3.63) is 0 Å². The Kier molecular flexibility index (Phi) is 0.605. The van der Waals surface area contributed by atoms with E-state index in [-0.39, 0.29) is 0 Å². The summed E-state index contributed by atoms with van der Waals surface area (Å²) in [6.45, 7) is 2.34. The number of hydrogen-bond acceptors (Lipinski definition) is 2. The van der Waals surface area contributed by atoms with E-state index in [9.17, 15) is 0 Å². The monoisotopic (exact) mass is 115 g/mol. The molecule has 2 aliphatic rings. The summed E-state index contributed by atoms with van der Waals surface area (Å²) in [4.78, 5) is 0. The minimum Gasteiger partial charge on any atom is -0.304 e. The molecule has 1 aliphatic carbocycles. The van der Waals surface area contributed by atoms with E-state index >= 15 is 0 Å². The summed E-state index contributed by atoms with van der Waals surface area (Å²) in [7, 11) is 0. The predicted octanol–water partition coefficient (Wildman–Crippen LogP) is 0.811. The zero-order valence-corrected chi connectivity index (χ0v) is 5.22. The molecule has 1 N–H and O–H groups in total. The first kappa shape index (κ1) is 4.21. The molecular formula is C5H9NS. The van der Waals surface area contributed by atoms with Crippen molar-refractivity contribution in [2.45, 2.75) is 24.1 Å². The Bertz CT molecular complexity index is 102. The third-order valence-corrected chi connectivity index (χ3v) is 3.34. The van der Waals surface area contributed by atoms with Crippen LogP contribution in [0.5, 0.6) is 0 Å². The molecule has 1 heterocycles. The number of rotatable bonds is 0. The predicted molar refractivity (Wildman–Crippen MR) is 32.4 cm³/mol. The Balaban J connectivity index is 2.17. The fourth-order valence-electron chi connectivity index (χ4n) is 1.10. The van der Waals surface area contributed by atoms with E-state index in [4.69, 9.17) is 0 Å². The second kappa shape index (κ2) is 1.00. The van der Waals surface area contributed by atoms with Crippen LogP contribution in [-0.4, -0.2) is 16.7 Å². The Labute approximate surface area is 47.9 Å². The Hall–Kier alpha value is 0.310. The van der Waals surface area contributed by atoms with Crippen LogP contribution >= 0.6 is 11.8 Å². The minimum atomic E-state index is 0.667. The molecule has 0 amide bonds. The molecule has 7 heavy (non-hydrogen) atoms. The molecule has 1 saturated heterocycles. The topological polar surface area (TPSA) is 12.0 Å². The van der Waals surface area contributed by atoms with Gasteiger partial charge in [-0.15, -0.1) is 11.8 Å². The lowest BCUT2D eigenvalue weighted by Crippen LogP contribution is -2.11. The summed E-state index contributed by atoms with van der Waals surface area (Å²) in [6.07, 6.45) is 1.40. The summed E-state index contributed by atoms with van der Waals surface area (Å²) in [5.41, 5.74) is 0. The lowest BCUT2D eigenvalue weighted by atomic mass is 10.5. The second-order valence-electron chi connectivity index (χ2n) is 2.56. The Morgan fingerprint density at radius 2 is 2.71 bits per heavy atom. The molecule has 0 aromatic carbocycles. The number of fused-ring (bicyclic) bond motifs is 1. The van der Waals surface area contributed by atoms with E-state index < -0.39 is 0 Å². The first-order valence-electron chi connectivity index (χ1n) is 2.69.